The molecular weight excluding hydrogens is 454 g/mol. The number of rotatable bonds is 8. The molecule has 2 amide bonds. The Morgan fingerprint density at radius 2 is 1.92 bits per heavy atom. The van der Waals surface area contributed by atoms with Gasteiger partial charge in [0.1, 0.15) is 23.3 Å². The number of benzene rings is 1. The second kappa shape index (κ2) is 10.3. The lowest BCUT2D eigenvalue weighted by atomic mass is 10.0. The van der Waals surface area contributed by atoms with E-state index < -0.39 is 0 Å². The zero-order valence-electron chi connectivity index (χ0n) is 21.4. The molecular formula is C28H35N5O3. The number of hydrogen-bond acceptors (Lipinski definition) is 5. The molecule has 3 aromatic rings. The van der Waals surface area contributed by atoms with Gasteiger partial charge in [0.05, 0.1) is 17.7 Å². The molecule has 0 unspecified atom stereocenters. The number of aromatic amines is 1. The zero-order chi connectivity index (χ0) is 25.2. The van der Waals surface area contributed by atoms with Gasteiger partial charge in [0.2, 0.25) is 5.91 Å². The number of piperidine rings is 1. The fourth-order valence-electron chi connectivity index (χ4n) is 4.96. The minimum absolute atomic E-state index is 0.0349. The van der Waals surface area contributed by atoms with Crippen molar-refractivity contribution in [2.24, 2.45) is 5.92 Å². The van der Waals surface area contributed by atoms with Crippen molar-refractivity contribution in [2.75, 3.05) is 19.7 Å². The van der Waals surface area contributed by atoms with E-state index in [1.165, 1.54) is 24.7 Å². The van der Waals surface area contributed by atoms with E-state index >= 15 is 0 Å². The standard InChI is InChI=1S/C28H35N5O3/c1-4-18-8-9-22(36-15-19-6-7-19)21(14-18)25-27-26(30-16-29-25)24(17(3)31-27)28(35)32-20-10-12-33(13-11-20)23(34)5-2/h8-9,14,16,19-20,31H,4-7,10-13,15H2,1-3H3,(H,32,35). The maximum Gasteiger partial charge on any atom is 0.255 e. The second-order valence-corrected chi connectivity index (χ2v) is 9.99. The zero-order valence-corrected chi connectivity index (χ0v) is 21.4. The molecule has 0 bridgehead atoms. The summed E-state index contributed by atoms with van der Waals surface area (Å²) >= 11 is 0. The molecule has 1 saturated carbocycles. The van der Waals surface area contributed by atoms with Crippen LogP contribution in [0.2, 0.25) is 0 Å². The first-order chi connectivity index (χ1) is 17.5. The Kier molecular flexibility index (Phi) is 6.94. The number of carbonyl (C=O) groups excluding carboxylic acids is 2. The molecule has 1 aromatic carbocycles. The highest BCUT2D eigenvalue weighted by Gasteiger charge is 2.27. The largest absolute Gasteiger partial charge is 0.493 e. The Hall–Kier alpha value is -3.42. The summed E-state index contributed by atoms with van der Waals surface area (Å²) in [5, 5.41) is 3.18. The van der Waals surface area contributed by atoms with Crippen molar-refractivity contribution < 1.29 is 14.3 Å². The summed E-state index contributed by atoms with van der Waals surface area (Å²) in [5.74, 6) is 1.48. The number of nitrogens with one attached hydrogen (secondary N) is 2. The highest BCUT2D eigenvalue weighted by molar-refractivity contribution is 6.09. The average molecular weight is 490 g/mol. The number of H-pyrrole nitrogens is 1. The van der Waals surface area contributed by atoms with Crippen LogP contribution in [0.25, 0.3) is 22.3 Å². The molecule has 2 fully saturated rings. The summed E-state index contributed by atoms with van der Waals surface area (Å²) < 4.78 is 6.20. The summed E-state index contributed by atoms with van der Waals surface area (Å²) in [5.41, 5.74) is 5.53. The molecule has 8 heteroatoms. The van der Waals surface area contributed by atoms with Crippen LogP contribution in [0.1, 0.15) is 67.6 Å². The first-order valence-corrected chi connectivity index (χ1v) is 13.2. The number of aryl methyl sites for hydroxylation is 2. The van der Waals surface area contributed by atoms with Crippen molar-refractivity contribution in [3.8, 4) is 17.0 Å². The third-order valence-corrected chi connectivity index (χ3v) is 7.36. The lowest BCUT2D eigenvalue weighted by Gasteiger charge is -2.32. The van der Waals surface area contributed by atoms with Crippen LogP contribution in [0.3, 0.4) is 0 Å². The van der Waals surface area contributed by atoms with E-state index in [2.05, 4.69) is 39.3 Å². The quantitative estimate of drug-likeness (QED) is 0.488. The molecule has 0 spiro atoms. The average Bonchev–Trinajstić information content (AvgIpc) is 3.66. The fourth-order valence-corrected chi connectivity index (χ4v) is 4.96. The molecule has 190 valence electrons. The summed E-state index contributed by atoms with van der Waals surface area (Å²) in [6.07, 6.45) is 6.91. The molecule has 2 N–H and O–H groups in total. The van der Waals surface area contributed by atoms with E-state index in [1.54, 1.807) is 0 Å². The van der Waals surface area contributed by atoms with E-state index in [9.17, 15) is 9.59 Å². The Morgan fingerprint density at radius 1 is 1.14 bits per heavy atom. The molecule has 3 heterocycles. The molecule has 2 aliphatic rings. The topological polar surface area (TPSA) is 100 Å². The predicted octanol–water partition coefficient (Wildman–Crippen LogP) is 4.42. The van der Waals surface area contributed by atoms with Crippen LogP contribution in [0.4, 0.5) is 0 Å². The smallest absolute Gasteiger partial charge is 0.255 e. The maximum atomic E-state index is 13.4. The fraction of sp³-hybridized carbons (Fsp3) is 0.500. The van der Waals surface area contributed by atoms with Gasteiger partial charge in [0, 0.05) is 36.8 Å². The number of fused-ring (bicyclic) bond motifs is 1. The minimum atomic E-state index is -0.142. The Balaban J connectivity index is 1.42. The van der Waals surface area contributed by atoms with Crippen LogP contribution in [0.15, 0.2) is 24.5 Å². The molecule has 5 rings (SSSR count). The number of hydrogen-bond donors (Lipinski definition) is 2. The number of likely N-dealkylation sites (tertiary alicyclic amines) is 1. The predicted molar refractivity (Wildman–Crippen MR) is 139 cm³/mol. The van der Waals surface area contributed by atoms with E-state index in [0.29, 0.717) is 43.1 Å². The normalized spacial score (nSPS) is 16.4. The summed E-state index contributed by atoms with van der Waals surface area (Å²) in [4.78, 5) is 39.8. The Bertz CT molecular complexity index is 1270. The van der Waals surface area contributed by atoms with Gasteiger partial charge >= 0.3 is 0 Å². The van der Waals surface area contributed by atoms with Crippen LogP contribution in [0.5, 0.6) is 5.75 Å². The highest BCUT2D eigenvalue weighted by atomic mass is 16.5. The Labute approximate surface area is 211 Å². The minimum Gasteiger partial charge on any atom is -0.493 e. The highest BCUT2D eigenvalue weighted by Crippen LogP contribution is 2.37. The number of amides is 2. The van der Waals surface area contributed by atoms with Crippen LogP contribution in [-0.2, 0) is 11.2 Å². The molecule has 1 aliphatic heterocycles. The van der Waals surface area contributed by atoms with E-state index in [4.69, 9.17) is 4.74 Å². The van der Waals surface area contributed by atoms with Crippen LogP contribution in [0, 0.1) is 12.8 Å². The summed E-state index contributed by atoms with van der Waals surface area (Å²) in [6, 6.07) is 6.30. The van der Waals surface area contributed by atoms with Gasteiger partial charge in [-0.15, -0.1) is 0 Å². The van der Waals surface area contributed by atoms with Crippen molar-refractivity contribution in [3.63, 3.8) is 0 Å². The van der Waals surface area contributed by atoms with Gasteiger partial charge in [0.25, 0.3) is 5.91 Å². The van der Waals surface area contributed by atoms with E-state index in [0.717, 1.165) is 47.5 Å². The second-order valence-electron chi connectivity index (χ2n) is 9.99. The van der Waals surface area contributed by atoms with Gasteiger partial charge in [-0.25, -0.2) is 9.97 Å². The van der Waals surface area contributed by atoms with Crippen molar-refractivity contribution in [3.05, 3.63) is 41.3 Å². The molecule has 2 aromatic heterocycles. The van der Waals surface area contributed by atoms with Crippen LogP contribution >= 0.6 is 0 Å². The maximum absolute atomic E-state index is 13.4. The lowest BCUT2D eigenvalue weighted by Crippen LogP contribution is -2.46. The lowest BCUT2D eigenvalue weighted by molar-refractivity contribution is -0.131. The molecule has 36 heavy (non-hydrogen) atoms. The SMILES string of the molecule is CCC(=O)N1CCC(NC(=O)c2c(C)[nH]c3c(-c4cc(CC)ccc4OCC4CC4)ncnc23)CC1. The number of nitrogens with zero attached hydrogens (tertiary/aromatic N) is 3. The molecule has 8 nitrogen and oxygen atoms in total. The van der Waals surface area contributed by atoms with Gasteiger partial charge in [0.15, 0.2) is 0 Å². The van der Waals surface area contributed by atoms with Gasteiger partial charge in [-0.1, -0.05) is 19.9 Å². The van der Waals surface area contributed by atoms with Gasteiger partial charge in [-0.3, -0.25) is 9.59 Å². The van der Waals surface area contributed by atoms with E-state index in [-0.39, 0.29) is 17.9 Å². The molecule has 0 atom stereocenters. The van der Waals surface area contributed by atoms with Crippen LogP contribution < -0.4 is 10.1 Å². The molecule has 0 radical (unpaired) electrons. The van der Waals surface area contributed by atoms with Crippen molar-refractivity contribution in [1.29, 1.82) is 0 Å². The molecule has 1 saturated heterocycles. The van der Waals surface area contributed by atoms with E-state index in [1.807, 2.05) is 24.8 Å². The first kappa shape index (κ1) is 24.3. The van der Waals surface area contributed by atoms with Crippen molar-refractivity contribution >= 4 is 22.8 Å². The van der Waals surface area contributed by atoms with Gasteiger partial charge < -0.3 is 19.9 Å². The van der Waals surface area contributed by atoms with Crippen molar-refractivity contribution in [2.45, 2.75) is 65.3 Å². The van der Waals surface area contributed by atoms with Crippen LogP contribution in [-0.4, -0.2) is 57.4 Å². The molecule has 1 aliphatic carbocycles. The van der Waals surface area contributed by atoms with Gasteiger partial charge in [-0.05, 0) is 62.6 Å². The Morgan fingerprint density at radius 3 is 2.61 bits per heavy atom. The third kappa shape index (κ3) is 4.94. The monoisotopic (exact) mass is 489 g/mol. The van der Waals surface area contributed by atoms with Crippen molar-refractivity contribution in [1.82, 2.24) is 25.2 Å². The third-order valence-electron chi connectivity index (χ3n) is 7.36. The number of ether oxygens (including phenoxy) is 1. The number of carbonyl (C=O) groups is 2. The first-order valence-electron chi connectivity index (χ1n) is 13.2. The summed E-state index contributed by atoms with van der Waals surface area (Å²) in [6.45, 7) is 7.97. The summed E-state index contributed by atoms with van der Waals surface area (Å²) in [7, 11) is 0. The number of aromatic nitrogens is 3. The van der Waals surface area contributed by atoms with Gasteiger partial charge in [-0.2, -0.15) is 0 Å².